The average Bonchev–Trinajstić information content (AvgIpc) is 2.39. The van der Waals surface area contributed by atoms with Crippen molar-refractivity contribution in [1.82, 2.24) is 5.32 Å². The molecule has 1 aromatic carbocycles. The third kappa shape index (κ3) is 3.26. The number of benzene rings is 1. The Bertz CT molecular complexity index is 491. The normalized spacial score (nSPS) is 20.5. The molecule has 1 N–H and O–H groups in total. The first-order valence-electron chi connectivity index (χ1n) is 8.52. The van der Waals surface area contributed by atoms with Gasteiger partial charge in [-0.05, 0) is 75.8 Å². The van der Waals surface area contributed by atoms with Crippen LogP contribution >= 0.6 is 0 Å². The maximum absolute atomic E-state index is 3.54. The van der Waals surface area contributed by atoms with E-state index in [-0.39, 0.29) is 5.54 Å². The lowest BCUT2D eigenvalue weighted by molar-refractivity contribution is 0.381. The fourth-order valence-electron chi connectivity index (χ4n) is 3.87. The van der Waals surface area contributed by atoms with Gasteiger partial charge in [0.25, 0.3) is 0 Å². The van der Waals surface area contributed by atoms with Crippen molar-refractivity contribution in [2.75, 3.05) is 18.0 Å². The first-order chi connectivity index (χ1) is 9.90. The summed E-state index contributed by atoms with van der Waals surface area (Å²) in [4.78, 5) is 2.58. The quantitative estimate of drug-likeness (QED) is 0.796. The fraction of sp³-hybridized carbons (Fsp3) is 0.684. The Morgan fingerprint density at radius 1 is 1.29 bits per heavy atom. The van der Waals surface area contributed by atoms with E-state index in [2.05, 4.69) is 63.9 Å². The number of nitrogens with one attached hydrogen (secondary N) is 1. The summed E-state index contributed by atoms with van der Waals surface area (Å²) >= 11 is 0. The van der Waals surface area contributed by atoms with E-state index in [0.717, 1.165) is 19.6 Å². The van der Waals surface area contributed by atoms with Crippen LogP contribution in [0.1, 0.15) is 70.1 Å². The van der Waals surface area contributed by atoms with Crippen LogP contribution in [0.25, 0.3) is 0 Å². The SMILES string of the molecule is CCCNCc1cc2c(cc1C)N(CC)C(C)(C)CC2C. The summed E-state index contributed by atoms with van der Waals surface area (Å²) in [5.74, 6) is 0.642. The number of fused-ring (bicyclic) bond motifs is 1. The fourth-order valence-corrected chi connectivity index (χ4v) is 3.87. The molecule has 0 amide bonds. The van der Waals surface area contributed by atoms with Crippen LogP contribution in [0.15, 0.2) is 12.1 Å². The maximum atomic E-state index is 3.54. The van der Waals surface area contributed by atoms with Crippen LogP contribution in [0.3, 0.4) is 0 Å². The standard InChI is InChI=1S/C19H32N2/c1-7-9-20-13-16-11-17-15(4)12-19(5,6)21(8-2)18(17)10-14(16)3/h10-11,15,20H,7-9,12-13H2,1-6H3. The van der Waals surface area contributed by atoms with E-state index in [1.807, 2.05) is 0 Å². The Kier molecular flexibility index (Phi) is 4.98. The van der Waals surface area contributed by atoms with Crippen molar-refractivity contribution in [3.8, 4) is 0 Å². The molecule has 0 spiro atoms. The van der Waals surface area contributed by atoms with Crippen LogP contribution in [-0.4, -0.2) is 18.6 Å². The van der Waals surface area contributed by atoms with E-state index >= 15 is 0 Å². The Balaban J connectivity index is 2.37. The van der Waals surface area contributed by atoms with Gasteiger partial charge in [-0.3, -0.25) is 0 Å². The smallest absolute Gasteiger partial charge is 0.0408 e. The highest BCUT2D eigenvalue weighted by Gasteiger charge is 2.35. The molecule has 1 aliphatic rings. The van der Waals surface area contributed by atoms with Gasteiger partial charge in [-0.15, -0.1) is 0 Å². The van der Waals surface area contributed by atoms with E-state index in [1.54, 1.807) is 0 Å². The summed E-state index contributed by atoms with van der Waals surface area (Å²) in [6.07, 6.45) is 2.43. The van der Waals surface area contributed by atoms with Crippen LogP contribution in [0.4, 0.5) is 5.69 Å². The number of aryl methyl sites for hydroxylation is 1. The Labute approximate surface area is 130 Å². The molecule has 21 heavy (non-hydrogen) atoms. The topological polar surface area (TPSA) is 15.3 Å². The van der Waals surface area contributed by atoms with Gasteiger partial charge in [0.15, 0.2) is 0 Å². The Morgan fingerprint density at radius 3 is 2.62 bits per heavy atom. The van der Waals surface area contributed by atoms with Crippen LogP contribution in [0.2, 0.25) is 0 Å². The van der Waals surface area contributed by atoms with E-state index in [1.165, 1.54) is 35.2 Å². The third-order valence-electron chi connectivity index (χ3n) is 4.90. The summed E-state index contributed by atoms with van der Waals surface area (Å²) in [5.41, 5.74) is 6.13. The van der Waals surface area contributed by atoms with Crippen molar-refractivity contribution in [1.29, 1.82) is 0 Å². The average molecular weight is 288 g/mol. The molecule has 0 radical (unpaired) electrons. The molecule has 0 aromatic heterocycles. The first-order valence-corrected chi connectivity index (χ1v) is 8.52. The van der Waals surface area contributed by atoms with Gasteiger partial charge in [0.1, 0.15) is 0 Å². The third-order valence-corrected chi connectivity index (χ3v) is 4.90. The lowest BCUT2D eigenvalue weighted by Crippen LogP contribution is -2.48. The molecule has 2 nitrogen and oxygen atoms in total. The number of hydrogen-bond acceptors (Lipinski definition) is 2. The molecule has 0 saturated carbocycles. The molecule has 0 saturated heterocycles. The molecular weight excluding hydrogens is 256 g/mol. The number of nitrogens with zero attached hydrogens (tertiary/aromatic N) is 1. The molecule has 2 heteroatoms. The number of hydrogen-bond donors (Lipinski definition) is 1. The van der Waals surface area contributed by atoms with Gasteiger partial charge < -0.3 is 10.2 Å². The molecule has 1 atom stereocenters. The zero-order valence-electron chi connectivity index (χ0n) is 14.7. The Morgan fingerprint density at radius 2 is 2.00 bits per heavy atom. The summed E-state index contributed by atoms with van der Waals surface area (Å²) in [6.45, 7) is 17.1. The first kappa shape index (κ1) is 16.4. The Hall–Kier alpha value is -1.02. The molecular formula is C19H32N2. The highest BCUT2D eigenvalue weighted by Crippen LogP contribution is 2.44. The summed E-state index contributed by atoms with van der Waals surface area (Å²) in [7, 11) is 0. The lowest BCUT2D eigenvalue weighted by Gasteiger charge is -2.47. The van der Waals surface area contributed by atoms with Gasteiger partial charge in [0.05, 0.1) is 0 Å². The minimum absolute atomic E-state index is 0.260. The second-order valence-electron chi connectivity index (χ2n) is 7.18. The van der Waals surface area contributed by atoms with Crippen molar-refractivity contribution in [2.45, 2.75) is 72.4 Å². The van der Waals surface area contributed by atoms with Crippen molar-refractivity contribution >= 4 is 5.69 Å². The van der Waals surface area contributed by atoms with Gasteiger partial charge in [-0.1, -0.05) is 19.9 Å². The van der Waals surface area contributed by atoms with Crippen LogP contribution < -0.4 is 10.2 Å². The highest BCUT2D eigenvalue weighted by molar-refractivity contribution is 5.62. The minimum Gasteiger partial charge on any atom is -0.366 e. The number of anilines is 1. The molecule has 2 rings (SSSR count). The minimum atomic E-state index is 0.260. The van der Waals surface area contributed by atoms with Crippen LogP contribution in [-0.2, 0) is 6.54 Å². The molecule has 118 valence electrons. The van der Waals surface area contributed by atoms with E-state index in [4.69, 9.17) is 0 Å². The van der Waals surface area contributed by atoms with Crippen molar-refractivity contribution < 1.29 is 0 Å². The largest absolute Gasteiger partial charge is 0.366 e. The van der Waals surface area contributed by atoms with Gasteiger partial charge in [-0.2, -0.15) is 0 Å². The lowest BCUT2D eigenvalue weighted by atomic mass is 9.79. The van der Waals surface area contributed by atoms with Gasteiger partial charge in [-0.25, -0.2) is 0 Å². The zero-order chi connectivity index (χ0) is 15.6. The van der Waals surface area contributed by atoms with Gasteiger partial charge >= 0.3 is 0 Å². The zero-order valence-corrected chi connectivity index (χ0v) is 14.7. The molecule has 0 fully saturated rings. The van der Waals surface area contributed by atoms with Crippen molar-refractivity contribution in [3.05, 3.63) is 28.8 Å². The second kappa shape index (κ2) is 6.39. The molecule has 1 unspecified atom stereocenters. The van der Waals surface area contributed by atoms with Crippen molar-refractivity contribution in [3.63, 3.8) is 0 Å². The van der Waals surface area contributed by atoms with E-state index < -0.39 is 0 Å². The predicted molar refractivity (Wildman–Crippen MR) is 93.3 cm³/mol. The maximum Gasteiger partial charge on any atom is 0.0408 e. The molecule has 0 bridgehead atoms. The predicted octanol–water partition coefficient (Wildman–Crippen LogP) is 4.61. The summed E-state index contributed by atoms with van der Waals surface area (Å²) in [5, 5.41) is 3.54. The molecule has 1 heterocycles. The summed E-state index contributed by atoms with van der Waals surface area (Å²) < 4.78 is 0. The van der Waals surface area contributed by atoms with Crippen LogP contribution in [0, 0.1) is 6.92 Å². The number of rotatable bonds is 5. The summed E-state index contributed by atoms with van der Waals surface area (Å²) in [6, 6.07) is 4.87. The monoisotopic (exact) mass is 288 g/mol. The van der Waals surface area contributed by atoms with Crippen molar-refractivity contribution in [2.24, 2.45) is 0 Å². The van der Waals surface area contributed by atoms with Gasteiger partial charge in [0.2, 0.25) is 0 Å². The van der Waals surface area contributed by atoms with Crippen LogP contribution in [0.5, 0.6) is 0 Å². The molecule has 1 aromatic rings. The van der Waals surface area contributed by atoms with E-state index in [0.29, 0.717) is 5.92 Å². The van der Waals surface area contributed by atoms with E-state index in [9.17, 15) is 0 Å². The van der Waals surface area contributed by atoms with Gasteiger partial charge in [0, 0.05) is 24.3 Å². The second-order valence-corrected chi connectivity index (χ2v) is 7.18. The molecule has 0 aliphatic carbocycles. The highest BCUT2D eigenvalue weighted by atomic mass is 15.2. The molecule has 1 aliphatic heterocycles.